The molecule has 0 spiro atoms. The third-order valence-corrected chi connectivity index (χ3v) is 8.39. The van der Waals surface area contributed by atoms with Crippen LogP contribution in [0.4, 0.5) is 11.4 Å². The standard InChI is InChI=1S/C27H32N4O3S/c1-17(32)28-21-7-10-23(11-8-21)35(33,34)30-22-9-12-25-24(15-22)29-26(27(2,3)4)31(25)16-20-14-18-5-6-19(20)13-18/h5-12,15,18-20,30H,13-14,16H2,1-4H3,(H,28,32)/t18-,19+,20?/m0/s1. The van der Waals surface area contributed by atoms with Crippen LogP contribution >= 0.6 is 0 Å². The number of hydrogen-bond donors (Lipinski definition) is 2. The summed E-state index contributed by atoms with van der Waals surface area (Å²) in [5.74, 6) is 2.78. The number of aromatic nitrogens is 2. The molecule has 2 aliphatic carbocycles. The summed E-state index contributed by atoms with van der Waals surface area (Å²) in [6.45, 7) is 8.84. The summed E-state index contributed by atoms with van der Waals surface area (Å²) in [7, 11) is -3.79. The molecule has 3 atom stereocenters. The first kappa shape index (κ1) is 23.6. The van der Waals surface area contributed by atoms with Crippen molar-refractivity contribution in [1.29, 1.82) is 0 Å². The first-order valence-corrected chi connectivity index (χ1v) is 13.6. The summed E-state index contributed by atoms with van der Waals surface area (Å²) < 4.78 is 31.0. The van der Waals surface area contributed by atoms with Gasteiger partial charge in [0.2, 0.25) is 5.91 Å². The molecule has 35 heavy (non-hydrogen) atoms. The highest BCUT2D eigenvalue weighted by molar-refractivity contribution is 7.92. The van der Waals surface area contributed by atoms with Gasteiger partial charge in [-0.2, -0.15) is 0 Å². The van der Waals surface area contributed by atoms with Crippen LogP contribution in [-0.4, -0.2) is 23.9 Å². The Hall–Kier alpha value is -3.13. The van der Waals surface area contributed by atoms with Gasteiger partial charge in [-0.25, -0.2) is 13.4 Å². The molecule has 1 unspecified atom stereocenters. The molecular formula is C27H32N4O3S. The van der Waals surface area contributed by atoms with E-state index in [4.69, 9.17) is 4.98 Å². The van der Waals surface area contributed by atoms with Crippen LogP contribution < -0.4 is 10.0 Å². The molecule has 1 amide bonds. The molecule has 7 nitrogen and oxygen atoms in total. The van der Waals surface area contributed by atoms with Gasteiger partial charge in [0.25, 0.3) is 10.0 Å². The zero-order valence-electron chi connectivity index (χ0n) is 20.6. The van der Waals surface area contributed by atoms with Gasteiger partial charge in [-0.05, 0) is 73.1 Å². The van der Waals surface area contributed by atoms with Crippen molar-refractivity contribution >= 4 is 38.3 Å². The van der Waals surface area contributed by atoms with E-state index in [9.17, 15) is 13.2 Å². The lowest BCUT2D eigenvalue weighted by atomic mass is 9.92. The van der Waals surface area contributed by atoms with Gasteiger partial charge in [0.1, 0.15) is 5.82 Å². The van der Waals surface area contributed by atoms with Gasteiger partial charge in [-0.15, -0.1) is 0 Å². The second kappa shape index (κ2) is 8.52. The minimum absolute atomic E-state index is 0.122. The van der Waals surface area contributed by atoms with E-state index < -0.39 is 10.0 Å². The lowest BCUT2D eigenvalue weighted by molar-refractivity contribution is -0.114. The summed E-state index contributed by atoms with van der Waals surface area (Å²) in [6.07, 6.45) is 7.23. The molecule has 0 aliphatic heterocycles. The zero-order chi connectivity index (χ0) is 25.0. The highest BCUT2D eigenvalue weighted by Gasteiger charge is 2.37. The van der Waals surface area contributed by atoms with Gasteiger partial charge in [-0.3, -0.25) is 9.52 Å². The molecule has 0 radical (unpaired) electrons. The van der Waals surface area contributed by atoms with E-state index >= 15 is 0 Å². The number of amides is 1. The van der Waals surface area contributed by atoms with Crippen molar-refractivity contribution in [2.24, 2.45) is 17.8 Å². The number of fused-ring (bicyclic) bond motifs is 3. The number of sulfonamides is 1. The van der Waals surface area contributed by atoms with Crippen molar-refractivity contribution in [2.75, 3.05) is 10.0 Å². The van der Waals surface area contributed by atoms with Gasteiger partial charge in [0, 0.05) is 24.6 Å². The first-order chi connectivity index (χ1) is 16.5. The third kappa shape index (κ3) is 4.72. The van der Waals surface area contributed by atoms with E-state index in [1.54, 1.807) is 18.2 Å². The average molecular weight is 493 g/mol. The number of hydrogen-bond acceptors (Lipinski definition) is 4. The third-order valence-electron chi connectivity index (χ3n) is 6.99. The fraction of sp³-hybridized carbons (Fsp3) is 0.407. The number of carbonyl (C=O) groups is 1. The number of allylic oxidation sites excluding steroid dienone is 2. The fourth-order valence-corrected chi connectivity index (χ4v) is 6.47. The van der Waals surface area contributed by atoms with Gasteiger partial charge < -0.3 is 9.88 Å². The number of nitrogens with one attached hydrogen (secondary N) is 2. The lowest BCUT2D eigenvalue weighted by Gasteiger charge is -2.25. The molecule has 8 heteroatoms. The topological polar surface area (TPSA) is 93.1 Å². The molecule has 1 saturated carbocycles. The van der Waals surface area contributed by atoms with E-state index in [1.165, 1.54) is 31.9 Å². The minimum Gasteiger partial charge on any atom is -0.327 e. The highest BCUT2D eigenvalue weighted by atomic mass is 32.2. The Morgan fingerprint density at radius 3 is 2.37 bits per heavy atom. The normalized spacial score (nSPS) is 21.5. The summed E-state index contributed by atoms with van der Waals surface area (Å²) >= 11 is 0. The summed E-state index contributed by atoms with van der Waals surface area (Å²) in [4.78, 5) is 16.3. The van der Waals surface area contributed by atoms with Crippen molar-refractivity contribution in [2.45, 2.75) is 57.4 Å². The number of benzene rings is 2. The predicted molar refractivity (Wildman–Crippen MR) is 139 cm³/mol. The molecule has 2 aromatic carbocycles. The lowest BCUT2D eigenvalue weighted by Crippen LogP contribution is -2.23. The molecule has 5 rings (SSSR count). The number of rotatable bonds is 6. The quantitative estimate of drug-likeness (QED) is 0.456. The van der Waals surface area contributed by atoms with Crippen molar-refractivity contribution in [1.82, 2.24) is 9.55 Å². The number of carbonyl (C=O) groups excluding carboxylic acids is 1. The monoisotopic (exact) mass is 492 g/mol. The van der Waals surface area contributed by atoms with Crippen LogP contribution in [0.1, 0.15) is 46.4 Å². The Kier molecular flexibility index (Phi) is 5.74. The van der Waals surface area contributed by atoms with Crippen LogP contribution in [0.3, 0.4) is 0 Å². The van der Waals surface area contributed by atoms with Crippen LogP contribution in [0.15, 0.2) is 59.5 Å². The van der Waals surface area contributed by atoms with Crippen LogP contribution in [0, 0.1) is 17.8 Å². The van der Waals surface area contributed by atoms with E-state index in [0.717, 1.165) is 23.4 Å². The summed E-state index contributed by atoms with van der Waals surface area (Å²) in [5.41, 5.74) is 2.70. The largest absolute Gasteiger partial charge is 0.327 e. The van der Waals surface area contributed by atoms with Gasteiger partial charge in [-0.1, -0.05) is 32.9 Å². The van der Waals surface area contributed by atoms with Crippen LogP contribution in [-0.2, 0) is 26.8 Å². The summed E-state index contributed by atoms with van der Waals surface area (Å²) in [6, 6.07) is 11.7. The zero-order valence-corrected chi connectivity index (χ0v) is 21.4. The molecule has 184 valence electrons. The van der Waals surface area contributed by atoms with Crippen molar-refractivity contribution in [3.63, 3.8) is 0 Å². The van der Waals surface area contributed by atoms with Gasteiger partial charge in [0.05, 0.1) is 21.6 Å². The second-order valence-electron chi connectivity index (χ2n) is 10.9. The maximum absolute atomic E-state index is 13.0. The number of imidazole rings is 1. The SMILES string of the molecule is CC(=O)Nc1ccc(S(=O)(=O)Nc2ccc3c(c2)nc(C(C)(C)C)n3CC2C[C@H]3C=C[C@@H]2C3)cc1. The molecule has 2 bridgehead atoms. The maximum Gasteiger partial charge on any atom is 0.261 e. The van der Waals surface area contributed by atoms with Crippen molar-refractivity contribution in [3.8, 4) is 0 Å². The molecule has 1 aromatic heterocycles. The van der Waals surface area contributed by atoms with Gasteiger partial charge in [0.15, 0.2) is 0 Å². The summed E-state index contributed by atoms with van der Waals surface area (Å²) in [5, 5.41) is 2.64. The molecule has 2 aliphatic rings. The molecular weight excluding hydrogens is 460 g/mol. The molecule has 3 aromatic rings. The van der Waals surface area contributed by atoms with E-state index in [-0.39, 0.29) is 16.2 Å². The van der Waals surface area contributed by atoms with Crippen LogP contribution in [0.5, 0.6) is 0 Å². The Bertz CT molecular complexity index is 1420. The van der Waals surface area contributed by atoms with E-state index in [1.807, 2.05) is 12.1 Å². The Balaban J connectivity index is 1.43. The predicted octanol–water partition coefficient (Wildman–Crippen LogP) is 5.31. The smallest absolute Gasteiger partial charge is 0.261 e. The second-order valence-corrected chi connectivity index (χ2v) is 12.5. The Morgan fingerprint density at radius 1 is 1.06 bits per heavy atom. The Labute approximate surface area is 206 Å². The minimum atomic E-state index is -3.79. The average Bonchev–Trinajstić information content (AvgIpc) is 3.48. The molecule has 1 fully saturated rings. The number of nitrogens with zero attached hydrogens (tertiary/aromatic N) is 2. The highest BCUT2D eigenvalue weighted by Crippen LogP contribution is 2.45. The first-order valence-electron chi connectivity index (χ1n) is 12.1. The molecule has 0 saturated heterocycles. The fourth-order valence-electron chi connectivity index (χ4n) is 5.42. The van der Waals surface area contributed by atoms with E-state index in [2.05, 4.69) is 47.5 Å². The Morgan fingerprint density at radius 2 is 1.77 bits per heavy atom. The maximum atomic E-state index is 13.0. The molecule has 1 heterocycles. The van der Waals surface area contributed by atoms with Crippen LogP contribution in [0.2, 0.25) is 0 Å². The molecule has 2 N–H and O–H groups in total. The van der Waals surface area contributed by atoms with Crippen LogP contribution in [0.25, 0.3) is 11.0 Å². The van der Waals surface area contributed by atoms with E-state index in [0.29, 0.717) is 29.1 Å². The van der Waals surface area contributed by atoms with Crippen molar-refractivity contribution in [3.05, 3.63) is 60.4 Å². The number of anilines is 2. The van der Waals surface area contributed by atoms with Gasteiger partial charge >= 0.3 is 0 Å². The van der Waals surface area contributed by atoms with Crippen molar-refractivity contribution < 1.29 is 13.2 Å².